The molecule has 1 heterocycles. The first kappa shape index (κ1) is 19.4. The minimum Gasteiger partial charge on any atom is -0.390 e. The van der Waals surface area contributed by atoms with Gasteiger partial charge in [0.05, 0.1) is 5.60 Å². The molecule has 5 heteroatoms. The van der Waals surface area contributed by atoms with E-state index in [2.05, 4.69) is 0 Å². The third-order valence-electron chi connectivity index (χ3n) is 4.80. The van der Waals surface area contributed by atoms with E-state index in [0.29, 0.717) is 30.9 Å². The van der Waals surface area contributed by atoms with Gasteiger partial charge in [0.2, 0.25) is 5.91 Å². The maximum Gasteiger partial charge on any atom is 0.253 e. The Morgan fingerprint density at radius 2 is 2.12 bits per heavy atom. The summed E-state index contributed by atoms with van der Waals surface area (Å²) in [5.74, 6) is 0.125. The second-order valence-electron chi connectivity index (χ2n) is 7.78. The largest absolute Gasteiger partial charge is 0.390 e. The molecule has 2 rings (SSSR count). The van der Waals surface area contributed by atoms with E-state index in [1.807, 2.05) is 29.2 Å². The lowest BCUT2D eigenvalue weighted by atomic mass is 9.92. The summed E-state index contributed by atoms with van der Waals surface area (Å²) in [7, 11) is 0. The Balaban J connectivity index is 1.98. The summed E-state index contributed by atoms with van der Waals surface area (Å²) >= 11 is 0. The molecule has 2 amide bonds. The Labute approximate surface area is 150 Å². The topological polar surface area (TPSA) is 83.6 Å². The minimum absolute atomic E-state index is 0.0499. The van der Waals surface area contributed by atoms with Crippen molar-refractivity contribution in [2.75, 3.05) is 13.1 Å². The molecule has 1 aromatic rings. The highest BCUT2D eigenvalue weighted by molar-refractivity contribution is 5.94. The molecule has 25 heavy (non-hydrogen) atoms. The van der Waals surface area contributed by atoms with Crippen LogP contribution in [-0.4, -0.2) is 40.5 Å². The van der Waals surface area contributed by atoms with Crippen molar-refractivity contribution in [1.29, 1.82) is 0 Å². The van der Waals surface area contributed by atoms with Crippen molar-refractivity contribution in [1.82, 2.24) is 4.90 Å². The molecule has 138 valence electrons. The molecule has 1 fully saturated rings. The lowest BCUT2D eigenvalue weighted by Gasteiger charge is -2.33. The van der Waals surface area contributed by atoms with Gasteiger partial charge in [-0.05, 0) is 69.6 Å². The van der Waals surface area contributed by atoms with Crippen LogP contribution in [0, 0.1) is 5.92 Å². The number of benzene rings is 1. The number of primary amides is 1. The van der Waals surface area contributed by atoms with E-state index >= 15 is 0 Å². The number of amides is 2. The number of aryl methyl sites for hydroxylation is 1. The first-order valence-corrected chi connectivity index (χ1v) is 9.13. The quantitative estimate of drug-likeness (QED) is 0.796. The monoisotopic (exact) mass is 346 g/mol. The number of nitrogens with two attached hydrogens (primary N) is 1. The number of likely N-dealkylation sites (tertiary alicyclic amines) is 1. The molecule has 1 saturated heterocycles. The molecule has 0 radical (unpaired) electrons. The average Bonchev–Trinajstić information content (AvgIpc) is 2.57. The molecular formula is C20H30N2O3. The van der Waals surface area contributed by atoms with Crippen LogP contribution in [0.1, 0.15) is 61.9 Å². The van der Waals surface area contributed by atoms with Gasteiger partial charge < -0.3 is 15.7 Å². The summed E-state index contributed by atoms with van der Waals surface area (Å²) in [4.78, 5) is 25.7. The van der Waals surface area contributed by atoms with E-state index in [1.54, 1.807) is 13.8 Å². The molecule has 0 aliphatic carbocycles. The van der Waals surface area contributed by atoms with E-state index < -0.39 is 5.60 Å². The fourth-order valence-electron chi connectivity index (χ4n) is 3.32. The highest BCUT2D eigenvalue weighted by Gasteiger charge is 2.25. The lowest BCUT2D eigenvalue weighted by molar-refractivity contribution is -0.118. The number of piperidine rings is 1. The van der Waals surface area contributed by atoms with E-state index in [-0.39, 0.29) is 11.8 Å². The second kappa shape index (κ2) is 8.48. The molecule has 1 aliphatic heterocycles. The van der Waals surface area contributed by atoms with E-state index in [9.17, 15) is 14.7 Å². The lowest BCUT2D eigenvalue weighted by Crippen LogP contribution is -2.40. The van der Waals surface area contributed by atoms with E-state index in [4.69, 9.17) is 5.73 Å². The fraction of sp³-hybridized carbons (Fsp3) is 0.600. The van der Waals surface area contributed by atoms with Crippen LogP contribution in [0.2, 0.25) is 0 Å². The summed E-state index contributed by atoms with van der Waals surface area (Å²) < 4.78 is 0. The first-order chi connectivity index (χ1) is 11.7. The maximum absolute atomic E-state index is 12.8. The molecule has 0 spiro atoms. The van der Waals surface area contributed by atoms with Crippen LogP contribution >= 0.6 is 0 Å². The average molecular weight is 346 g/mol. The van der Waals surface area contributed by atoms with Crippen LogP contribution in [0.15, 0.2) is 24.3 Å². The first-order valence-electron chi connectivity index (χ1n) is 9.13. The van der Waals surface area contributed by atoms with Crippen molar-refractivity contribution in [2.24, 2.45) is 11.7 Å². The standard InChI is InChI=1S/C20H30N2O3/c1-20(2,25)11-10-15-5-3-7-17(13-15)19(24)22-12-4-6-16(14-22)8-9-18(21)23/h3,5,7,13,16,25H,4,6,8-12,14H2,1-2H3,(H2,21,23)/t16-/m0/s1. The summed E-state index contributed by atoms with van der Waals surface area (Å²) in [6.45, 7) is 5.05. The highest BCUT2D eigenvalue weighted by Crippen LogP contribution is 2.23. The molecule has 3 N–H and O–H groups in total. The van der Waals surface area contributed by atoms with Crippen molar-refractivity contribution >= 4 is 11.8 Å². The third-order valence-corrected chi connectivity index (χ3v) is 4.80. The number of aliphatic hydroxyl groups is 1. The van der Waals surface area contributed by atoms with Crippen LogP contribution < -0.4 is 5.73 Å². The van der Waals surface area contributed by atoms with Crippen molar-refractivity contribution in [2.45, 2.75) is 58.0 Å². The summed E-state index contributed by atoms with van der Waals surface area (Å²) in [5.41, 5.74) is 6.29. The number of hydrogen-bond donors (Lipinski definition) is 2. The van der Waals surface area contributed by atoms with Gasteiger partial charge in [0.1, 0.15) is 0 Å². The van der Waals surface area contributed by atoms with Crippen LogP contribution in [0.5, 0.6) is 0 Å². The van der Waals surface area contributed by atoms with Crippen molar-refractivity contribution < 1.29 is 14.7 Å². The molecule has 1 aliphatic rings. The predicted octanol–water partition coefficient (Wildman–Crippen LogP) is 2.51. The Kier molecular flexibility index (Phi) is 6.59. The molecular weight excluding hydrogens is 316 g/mol. The van der Waals surface area contributed by atoms with Gasteiger partial charge in [0, 0.05) is 25.1 Å². The number of nitrogens with zero attached hydrogens (tertiary/aromatic N) is 1. The van der Waals surface area contributed by atoms with Gasteiger partial charge in [-0.3, -0.25) is 9.59 Å². The zero-order valence-electron chi connectivity index (χ0n) is 15.3. The predicted molar refractivity (Wildman–Crippen MR) is 98.1 cm³/mol. The van der Waals surface area contributed by atoms with Crippen molar-refractivity contribution in [3.63, 3.8) is 0 Å². The van der Waals surface area contributed by atoms with E-state index in [0.717, 1.165) is 37.8 Å². The highest BCUT2D eigenvalue weighted by atomic mass is 16.3. The van der Waals surface area contributed by atoms with Gasteiger partial charge in [-0.25, -0.2) is 0 Å². The second-order valence-corrected chi connectivity index (χ2v) is 7.78. The normalized spacial score (nSPS) is 18.2. The molecule has 1 atom stereocenters. The van der Waals surface area contributed by atoms with Gasteiger partial charge in [-0.2, -0.15) is 0 Å². The number of rotatable bonds is 7. The van der Waals surface area contributed by atoms with E-state index in [1.165, 1.54) is 0 Å². The summed E-state index contributed by atoms with van der Waals surface area (Å²) in [6, 6.07) is 7.68. The number of carbonyl (C=O) groups excluding carboxylic acids is 2. The van der Waals surface area contributed by atoms with Crippen LogP contribution in [0.4, 0.5) is 0 Å². The SMILES string of the molecule is CC(C)(O)CCc1cccc(C(=O)N2CCC[C@@H](CCC(N)=O)C2)c1. The van der Waals surface area contributed by atoms with Crippen LogP contribution in [-0.2, 0) is 11.2 Å². The van der Waals surface area contributed by atoms with Crippen molar-refractivity contribution in [3.8, 4) is 0 Å². The van der Waals surface area contributed by atoms with Gasteiger partial charge >= 0.3 is 0 Å². The Hall–Kier alpha value is -1.88. The van der Waals surface area contributed by atoms with Gasteiger partial charge in [0.25, 0.3) is 5.91 Å². The molecule has 0 aromatic heterocycles. The molecule has 0 saturated carbocycles. The Morgan fingerprint density at radius 3 is 2.80 bits per heavy atom. The summed E-state index contributed by atoms with van der Waals surface area (Å²) in [5, 5.41) is 9.87. The molecule has 0 unspecified atom stereocenters. The number of carbonyl (C=O) groups is 2. The molecule has 5 nitrogen and oxygen atoms in total. The van der Waals surface area contributed by atoms with Crippen molar-refractivity contribution in [3.05, 3.63) is 35.4 Å². The molecule has 0 bridgehead atoms. The summed E-state index contributed by atoms with van der Waals surface area (Å²) in [6.07, 6.45) is 4.55. The third kappa shape index (κ3) is 6.50. The smallest absolute Gasteiger partial charge is 0.253 e. The van der Waals surface area contributed by atoms with Crippen LogP contribution in [0.25, 0.3) is 0 Å². The molecule has 1 aromatic carbocycles. The zero-order chi connectivity index (χ0) is 18.4. The number of hydrogen-bond acceptors (Lipinski definition) is 3. The fourth-order valence-corrected chi connectivity index (χ4v) is 3.32. The minimum atomic E-state index is -0.708. The van der Waals surface area contributed by atoms with Gasteiger partial charge in [0.15, 0.2) is 0 Å². The Morgan fingerprint density at radius 1 is 1.36 bits per heavy atom. The van der Waals surface area contributed by atoms with Crippen LogP contribution in [0.3, 0.4) is 0 Å². The van der Waals surface area contributed by atoms with Gasteiger partial charge in [-0.1, -0.05) is 12.1 Å². The Bertz CT molecular complexity index is 607. The zero-order valence-corrected chi connectivity index (χ0v) is 15.3. The maximum atomic E-state index is 12.8. The van der Waals surface area contributed by atoms with Gasteiger partial charge in [-0.15, -0.1) is 0 Å².